The number of non-ortho nitro benzene ring substituents is 1. The van der Waals surface area contributed by atoms with Crippen molar-refractivity contribution in [2.45, 2.75) is 13.3 Å². The molecule has 0 spiro atoms. The lowest BCUT2D eigenvalue weighted by Crippen LogP contribution is -1.96. The van der Waals surface area contributed by atoms with Gasteiger partial charge in [0.15, 0.2) is 0 Å². The molecule has 0 bridgehead atoms. The Hall–Kier alpha value is -2.02. The van der Waals surface area contributed by atoms with Crippen LogP contribution in [-0.2, 0) is 0 Å². The number of ether oxygens (including phenoxy) is 1. The molecule has 0 fully saturated rings. The Kier molecular flexibility index (Phi) is 4.52. The Labute approximate surface area is 127 Å². The fraction of sp³-hybridized carbons (Fsp3) is 0.143. The van der Waals surface area contributed by atoms with Crippen LogP contribution in [0.2, 0.25) is 0 Å². The molecule has 0 amide bonds. The van der Waals surface area contributed by atoms with E-state index in [0.29, 0.717) is 5.75 Å². The van der Waals surface area contributed by atoms with Crippen molar-refractivity contribution >= 4 is 21.6 Å². The number of nitro benzene ring substituents is 1. The minimum atomic E-state index is -2.86. The standard InChI is InChI=1S/C14H10BrF2NO3/c1-8-6-10(3-4-12(8)15)21-13-5-2-9(18(19)20)7-11(13)14(16)17/h2-7,14H,1H3. The van der Waals surface area contributed by atoms with Gasteiger partial charge in [-0.3, -0.25) is 10.1 Å². The maximum Gasteiger partial charge on any atom is 0.270 e. The van der Waals surface area contributed by atoms with E-state index in [2.05, 4.69) is 15.9 Å². The summed E-state index contributed by atoms with van der Waals surface area (Å²) in [6.45, 7) is 1.83. The highest BCUT2D eigenvalue weighted by atomic mass is 79.9. The van der Waals surface area contributed by atoms with E-state index < -0.39 is 22.6 Å². The van der Waals surface area contributed by atoms with E-state index in [1.165, 1.54) is 6.07 Å². The molecule has 0 atom stereocenters. The number of benzene rings is 2. The van der Waals surface area contributed by atoms with Gasteiger partial charge in [0.2, 0.25) is 0 Å². The molecule has 2 aromatic carbocycles. The van der Waals surface area contributed by atoms with Gasteiger partial charge >= 0.3 is 0 Å². The van der Waals surface area contributed by atoms with Crippen molar-refractivity contribution in [1.29, 1.82) is 0 Å². The van der Waals surface area contributed by atoms with Crippen LogP contribution in [0.3, 0.4) is 0 Å². The molecule has 0 saturated heterocycles. The Balaban J connectivity index is 2.38. The van der Waals surface area contributed by atoms with Crippen LogP contribution >= 0.6 is 15.9 Å². The predicted octanol–water partition coefficient (Wildman–Crippen LogP) is 5.40. The molecule has 0 N–H and O–H groups in total. The van der Waals surface area contributed by atoms with Gasteiger partial charge in [0.05, 0.1) is 10.5 Å². The van der Waals surface area contributed by atoms with E-state index in [1.807, 2.05) is 6.92 Å². The summed E-state index contributed by atoms with van der Waals surface area (Å²) >= 11 is 3.33. The summed E-state index contributed by atoms with van der Waals surface area (Å²) in [4.78, 5) is 9.92. The smallest absolute Gasteiger partial charge is 0.270 e. The molecule has 2 aromatic rings. The lowest BCUT2D eigenvalue weighted by atomic mass is 10.2. The van der Waals surface area contributed by atoms with Crippen LogP contribution in [0.25, 0.3) is 0 Å². The number of hydrogen-bond donors (Lipinski definition) is 0. The molecule has 0 radical (unpaired) electrons. The number of hydrogen-bond acceptors (Lipinski definition) is 3. The highest BCUT2D eigenvalue weighted by Crippen LogP contribution is 2.35. The average Bonchev–Trinajstić information content (AvgIpc) is 2.43. The zero-order valence-corrected chi connectivity index (χ0v) is 12.4. The van der Waals surface area contributed by atoms with Gasteiger partial charge in [-0.25, -0.2) is 8.78 Å². The number of rotatable bonds is 4. The van der Waals surface area contributed by atoms with Gasteiger partial charge in [0.25, 0.3) is 12.1 Å². The van der Waals surface area contributed by atoms with Crippen molar-refractivity contribution < 1.29 is 18.4 Å². The van der Waals surface area contributed by atoms with Crippen molar-refractivity contribution in [3.63, 3.8) is 0 Å². The highest BCUT2D eigenvalue weighted by Gasteiger charge is 2.19. The second-order valence-electron chi connectivity index (χ2n) is 4.29. The molecule has 21 heavy (non-hydrogen) atoms. The molecular formula is C14H10BrF2NO3. The Bertz CT molecular complexity index is 692. The topological polar surface area (TPSA) is 52.4 Å². The maximum atomic E-state index is 13.0. The van der Waals surface area contributed by atoms with Gasteiger partial charge in [-0.1, -0.05) is 15.9 Å². The third-order valence-electron chi connectivity index (χ3n) is 2.80. The van der Waals surface area contributed by atoms with E-state index >= 15 is 0 Å². The summed E-state index contributed by atoms with van der Waals surface area (Å²) in [5, 5.41) is 10.6. The minimum absolute atomic E-state index is 0.0997. The van der Waals surface area contributed by atoms with E-state index in [-0.39, 0.29) is 5.75 Å². The van der Waals surface area contributed by atoms with Crippen LogP contribution in [-0.4, -0.2) is 4.92 Å². The van der Waals surface area contributed by atoms with Gasteiger partial charge in [0, 0.05) is 16.6 Å². The normalized spacial score (nSPS) is 10.7. The van der Waals surface area contributed by atoms with Gasteiger partial charge < -0.3 is 4.74 Å². The molecule has 0 aromatic heterocycles. The number of alkyl halides is 2. The summed E-state index contributed by atoms with van der Waals surface area (Å²) in [7, 11) is 0. The number of halogens is 3. The van der Waals surface area contributed by atoms with Crippen molar-refractivity contribution in [3.8, 4) is 11.5 Å². The zero-order chi connectivity index (χ0) is 15.6. The molecule has 0 unspecified atom stereocenters. The van der Waals surface area contributed by atoms with E-state index in [1.54, 1.807) is 18.2 Å². The molecular weight excluding hydrogens is 348 g/mol. The summed E-state index contributed by atoms with van der Waals surface area (Å²) in [5.74, 6) is 0.281. The number of nitrogens with zero attached hydrogens (tertiary/aromatic N) is 1. The van der Waals surface area contributed by atoms with Crippen LogP contribution in [0.5, 0.6) is 11.5 Å². The molecule has 0 aliphatic rings. The second-order valence-corrected chi connectivity index (χ2v) is 5.15. The fourth-order valence-corrected chi connectivity index (χ4v) is 1.97. The SMILES string of the molecule is Cc1cc(Oc2ccc([N+](=O)[O-])cc2C(F)F)ccc1Br. The molecule has 2 rings (SSSR count). The monoisotopic (exact) mass is 357 g/mol. The predicted molar refractivity (Wildman–Crippen MR) is 77.0 cm³/mol. The summed E-state index contributed by atoms with van der Waals surface area (Å²) in [6.07, 6.45) is -2.86. The van der Waals surface area contributed by atoms with E-state index in [0.717, 1.165) is 22.2 Å². The lowest BCUT2D eigenvalue weighted by molar-refractivity contribution is -0.385. The highest BCUT2D eigenvalue weighted by molar-refractivity contribution is 9.10. The summed E-state index contributed by atoms with van der Waals surface area (Å²) in [5.41, 5.74) is -0.0255. The van der Waals surface area contributed by atoms with Gasteiger partial charge in [-0.2, -0.15) is 0 Å². The molecule has 0 saturated carbocycles. The zero-order valence-electron chi connectivity index (χ0n) is 10.8. The van der Waals surface area contributed by atoms with Gasteiger partial charge in [-0.05, 0) is 36.8 Å². The Morgan fingerprint density at radius 1 is 1.24 bits per heavy atom. The van der Waals surface area contributed by atoms with Gasteiger partial charge in [0.1, 0.15) is 11.5 Å². The van der Waals surface area contributed by atoms with Crippen LogP contribution in [0.1, 0.15) is 17.6 Å². The van der Waals surface area contributed by atoms with Crippen molar-refractivity contribution in [3.05, 3.63) is 62.1 Å². The van der Waals surface area contributed by atoms with E-state index in [9.17, 15) is 18.9 Å². The minimum Gasteiger partial charge on any atom is -0.457 e. The molecule has 4 nitrogen and oxygen atoms in total. The van der Waals surface area contributed by atoms with E-state index in [4.69, 9.17) is 4.74 Å². The molecule has 110 valence electrons. The van der Waals surface area contributed by atoms with Crippen molar-refractivity contribution in [2.24, 2.45) is 0 Å². The molecule has 7 heteroatoms. The molecule has 0 aliphatic carbocycles. The average molecular weight is 358 g/mol. The fourth-order valence-electron chi connectivity index (χ4n) is 1.72. The van der Waals surface area contributed by atoms with Crippen LogP contribution in [0.4, 0.5) is 14.5 Å². The third-order valence-corrected chi connectivity index (χ3v) is 3.69. The second kappa shape index (κ2) is 6.17. The number of nitro groups is 1. The molecule has 0 heterocycles. The first-order valence-corrected chi connectivity index (χ1v) is 6.68. The summed E-state index contributed by atoms with van der Waals surface area (Å²) in [6, 6.07) is 8.17. The van der Waals surface area contributed by atoms with Crippen LogP contribution < -0.4 is 4.74 Å². The quantitative estimate of drug-likeness (QED) is 0.544. The molecule has 0 aliphatic heterocycles. The Morgan fingerprint density at radius 2 is 1.95 bits per heavy atom. The van der Waals surface area contributed by atoms with Gasteiger partial charge in [-0.15, -0.1) is 0 Å². The van der Waals surface area contributed by atoms with Crippen LogP contribution in [0.15, 0.2) is 40.9 Å². The van der Waals surface area contributed by atoms with Crippen molar-refractivity contribution in [2.75, 3.05) is 0 Å². The maximum absolute atomic E-state index is 13.0. The largest absolute Gasteiger partial charge is 0.457 e. The first-order valence-electron chi connectivity index (χ1n) is 5.89. The lowest BCUT2D eigenvalue weighted by Gasteiger charge is -2.11. The first-order chi connectivity index (χ1) is 9.88. The summed E-state index contributed by atoms with van der Waals surface area (Å²) < 4.78 is 32.3. The third kappa shape index (κ3) is 3.55. The van der Waals surface area contributed by atoms with Crippen LogP contribution in [0, 0.1) is 17.0 Å². The Morgan fingerprint density at radius 3 is 2.52 bits per heavy atom. The van der Waals surface area contributed by atoms with Crippen molar-refractivity contribution in [1.82, 2.24) is 0 Å². The first kappa shape index (κ1) is 15.4. The number of aryl methyl sites for hydroxylation is 1.